The lowest BCUT2D eigenvalue weighted by Gasteiger charge is -2.25. The molecular weight excluding hydrogens is 350 g/mol. The Kier molecular flexibility index (Phi) is 8.82. The Morgan fingerprint density at radius 1 is 1.04 bits per heavy atom. The Morgan fingerprint density at radius 3 is 2.12 bits per heavy atom. The normalized spacial score (nSPS) is 12.4. The number of anilines is 1. The lowest BCUT2D eigenvalue weighted by atomic mass is 10.0. The highest BCUT2D eigenvalue weighted by atomic mass is 35.5. The maximum Gasteiger partial charge on any atom is 0.249 e. The fraction of sp³-hybridized carbons (Fsp3) is 0.300. The molecule has 0 bridgehead atoms. The molecule has 0 fully saturated rings. The monoisotopic (exact) mass is 375 g/mol. The average Bonchev–Trinajstić information content (AvgIpc) is 2.61. The van der Waals surface area contributed by atoms with Gasteiger partial charge < -0.3 is 16.0 Å². The van der Waals surface area contributed by atoms with Crippen LogP contribution in [0.1, 0.15) is 18.9 Å². The second kappa shape index (κ2) is 10.6. The van der Waals surface area contributed by atoms with Gasteiger partial charge in [-0.2, -0.15) is 0 Å². The van der Waals surface area contributed by atoms with E-state index in [2.05, 4.69) is 5.32 Å². The number of likely N-dealkylation sites (N-methyl/N-ethyl adjacent to an activating group) is 1. The van der Waals surface area contributed by atoms with Crippen LogP contribution in [0.3, 0.4) is 0 Å². The van der Waals surface area contributed by atoms with Crippen LogP contribution in [0.25, 0.3) is 0 Å². The fourth-order valence-electron chi connectivity index (χ4n) is 2.61. The van der Waals surface area contributed by atoms with E-state index in [9.17, 15) is 9.59 Å². The predicted molar refractivity (Wildman–Crippen MR) is 107 cm³/mol. The topological polar surface area (TPSA) is 75.4 Å². The molecular formula is C20H26ClN3O2. The van der Waals surface area contributed by atoms with Crippen LogP contribution in [0.4, 0.5) is 5.69 Å². The van der Waals surface area contributed by atoms with Crippen LogP contribution in [0, 0.1) is 0 Å². The third-order valence-electron chi connectivity index (χ3n) is 3.90. The third-order valence-corrected chi connectivity index (χ3v) is 3.90. The first-order chi connectivity index (χ1) is 12.0. The first kappa shape index (κ1) is 21.7. The van der Waals surface area contributed by atoms with Crippen molar-refractivity contribution in [3.05, 3.63) is 66.2 Å². The second-order valence-electron chi connectivity index (χ2n) is 6.22. The molecule has 1 unspecified atom stereocenters. The van der Waals surface area contributed by atoms with Crippen LogP contribution in [0.15, 0.2) is 60.7 Å². The van der Waals surface area contributed by atoms with Gasteiger partial charge in [-0.1, -0.05) is 48.5 Å². The number of carbonyl (C=O) groups is 2. The van der Waals surface area contributed by atoms with Crippen molar-refractivity contribution in [1.82, 2.24) is 5.32 Å². The van der Waals surface area contributed by atoms with Gasteiger partial charge in [-0.25, -0.2) is 0 Å². The van der Waals surface area contributed by atoms with Gasteiger partial charge in [0.2, 0.25) is 11.8 Å². The standard InChI is InChI=1S/C20H25N3O2.ClH/c1-15(21)13-19(24)22-18(14-16-9-5-3-6-10-16)20(25)23(2)17-11-7-4-8-12-17;/h3-12,15,18H,13-14,21H2,1-2H3,(H,22,24);1H/t15?,18-;/m0./s1. The van der Waals surface area contributed by atoms with Crippen molar-refractivity contribution >= 4 is 29.9 Å². The summed E-state index contributed by atoms with van der Waals surface area (Å²) in [4.78, 5) is 26.7. The molecule has 140 valence electrons. The Morgan fingerprint density at radius 2 is 1.58 bits per heavy atom. The zero-order chi connectivity index (χ0) is 18.2. The number of halogens is 1. The minimum atomic E-state index is -0.640. The summed E-state index contributed by atoms with van der Waals surface area (Å²) >= 11 is 0. The smallest absolute Gasteiger partial charge is 0.249 e. The Hall–Kier alpha value is -2.37. The SMILES string of the molecule is CC(N)CC(=O)N[C@@H](Cc1ccccc1)C(=O)N(C)c1ccccc1.Cl. The molecule has 2 atom stereocenters. The molecule has 0 saturated heterocycles. The van der Waals surface area contributed by atoms with Gasteiger partial charge in [-0.15, -0.1) is 12.4 Å². The summed E-state index contributed by atoms with van der Waals surface area (Å²) in [5.41, 5.74) is 7.47. The molecule has 3 N–H and O–H groups in total. The van der Waals surface area contributed by atoms with Gasteiger partial charge in [0, 0.05) is 31.6 Å². The zero-order valence-corrected chi connectivity index (χ0v) is 15.9. The van der Waals surface area contributed by atoms with Crippen molar-refractivity contribution in [2.75, 3.05) is 11.9 Å². The molecule has 2 aromatic carbocycles. The van der Waals surface area contributed by atoms with E-state index in [-0.39, 0.29) is 36.7 Å². The van der Waals surface area contributed by atoms with Crippen molar-refractivity contribution in [2.45, 2.75) is 31.8 Å². The summed E-state index contributed by atoms with van der Waals surface area (Å²) in [5.74, 6) is -0.376. The van der Waals surface area contributed by atoms with Crippen LogP contribution >= 0.6 is 12.4 Å². The van der Waals surface area contributed by atoms with Crippen LogP contribution in [0.2, 0.25) is 0 Å². The molecule has 0 spiro atoms. The van der Waals surface area contributed by atoms with E-state index in [1.807, 2.05) is 60.7 Å². The lowest BCUT2D eigenvalue weighted by Crippen LogP contribution is -2.49. The number of nitrogens with one attached hydrogen (secondary N) is 1. The minimum absolute atomic E-state index is 0. The molecule has 5 nitrogen and oxygen atoms in total. The molecule has 0 aliphatic carbocycles. The highest BCUT2D eigenvalue weighted by molar-refractivity contribution is 5.99. The van der Waals surface area contributed by atoms with Crippen molar-refractivity contribution in [2.24, 2.45) is 5.73 Å². The Labute approximate surface area is 161 Å². The van der Waals surface area contributed by atoms with E-state index in [4.69, 9.17) is 5.73 Å². The number of hydrogen-bond donors (Lipinski definition) is 2. The molecule has 0 heterocycles. The highest BCUT2D eigenvalue weighted by Crippen LogP contribution is 2.14. The van der Waals surface area contributed by atoms with Crippen molar-refractivity contribution < 1.29 is 9.59 Å². The Balaban J connectivity index is 0.00000338. The molecule has 0 radical (unpaired) electrons. The van der Waals surface area contributed by atoms with E-state index >= 15 is 0 Å². The van der Waals surface area contributed by atoms with E-state index in [0.29, 0.717) is 6.42 Å². The van der Waals surface area contributed by atoms with Gasteiger partial charge in [-0.3, -0.25) is 9.59 Å². The maximum atomic E-state index is 12.9. The summed E-state index contributed by atoms with van der Waals surface area (Å²) < 4.78 is 0. The van der Waals surface area contributed by atoms with E-state index < -0.39 is 6.04 Å². The van der Waals surface area contributed by atoms with Crippen LogP contribution in [-0.2, 0) is 16.0 Å². The van der Waals surface area contributed by atoms with Gasteiger partial charge in [0.25, 0.3) is 0 Å². The van der Waals surface area contributed by atoms with Crippen molar-refractivity contribution in [3.63, 3.8) is 0 Å². The summed E-state index contributed by atoms with van der Waals surface area (Å²) in [7, 11) is 1.72. The molecule has 0 aliphatic heterocycles. The van der Waals surface area contributed by atoms with Crippen LogP contribution in [-0.4, -0.2) is 30.9 Å². The van der Waals surface area contributed by atoms with Crippen molar-refractivity contribution in [1.29, 1.82) is 0 Å². The third kappa shape index (κ3) is 6.50. The molecule has 2 rings (SSSR count). The summed E-state index contributed by atoms with van der Waals surface area (Å²) in [6.45, 7) is 1.77. The quantitative estimate of drug-likeness (QED) is 0.780. The van der Waals surface area contributed by atoms with Crippen LogP contribution < -0.4 is 16.0 Å². The maximum absolute atomic E-state index is 12.9. The number of benzene rings is 2. The van der Waals surface area contributed by atoms with Gasteiger partial charge >= 0.3 is 0 Å². The number of rotatable bonds is 7. The largest absolute Gasteiger partial charge is 0.344 e. The number of hydrogen-bond acceptors (Lipinski definition) is 3. The van der Waals surface area contributed by atoms with Gasteiger partial charge in [0.15, 0.2) is 0 Å². The average molecular weight is 376 g/mol. The summed E-state index contributed by atoms with van der Waals surface area (Å²) in [6, 6.07) is 18.1. The van der Waals surface area contributed by atoms with E-state index in [0.717, 1.165) is 11.3 Å². The lowest BCUT2D eigenvalue weighted by molar-refractivity contribution is -0.127. The van der Waals surface area contributed by atoms with Crippen molar-refractivity contribution in [3.8, 4) is 0 Å². The van der Waals surface area contributed by atoms with Gasteiger partial charge in [0.1, 0.15) is 6.04 Å². The second-order valence-corrected chi connectivity index (χ2v) is 6.22. The van der Waals surface area contributed by atoms with Gasteiger partial charge in [0.05, 0.1) is 0 Å². The zero-order valence-electron chi connectivity index (χ0n) is 15.1. The number of amides is 2. The molecule has 0 aliphatic rings. The predicted octanol–water partition coefficient (Wildman–Crippen LogP) is 2.54. The number of carbonyl (C=O) groups excluding carboxylic acids is 2. The van der Waals surface area contributed by atoms with E-state index in [1.165, 1.54) is 0 Å². The molecule has 0 saturated carbocycles. The molecule has 6 heteroatoms. The first-order valence-electron chi connectivity index (χ1n) is 8.39. The molecule has 26 heavy (non-hydrogen) atoms. The minimum Gasteiger partial charge on any atom is -0.344 e. The van der Waals surface area contributed by atoms with Crippen LogP contribution in [0.5, 0.6) is 0 Å². The summed E-state index contributed by atoms with van der Waals surface area (Å²) in [5, 5.41) is 2.84. The Bertz CT molecular complexity index is 693. The molecule has 2 aromatic rings. The first-order valence-corrected chi connectivity index (χ1v) is 8.39. The highest BCUT2D eigenvalue weighted by Gasteiger charge is 2.25. The summed E-state index contributed by atoms with van der Waals surface area (Å²) in [6.07, 6.45) is 0.620. The molecule has 2 amide bonds. The number of nitrogens with zero attached hydrogens (tertiary/aromatic N) is 1. The van der Waals surface area contributed by atoms with Gasteiger partial charge in [-0.05, 0) is 24.6 Å². The number of para-hydroxylation sites is 1. The number of nitrogens with two attached hydrogens (primary N) is 1. The van der Waals surface area contributed by atoms with E-state index in [1.54, 1.807) is 18.9 Å². The molecule has 0 aromatic heterocycles. The fourth-order valence-corrected chi connectivity index (χ4v) is 2.61.